The Morgan fingerprint density at radius 3 is 1.25 bits per heavy atom. The van der Waals surface area contributed by atoms with Crippen LogP contribution in [0.2, 0.25) is 0 Å². The predicted octanol–water partition coefficient (Wildman–Crippen LogP) is 9.43. The zero-order valence-electron chi connectivity index (χ0n) is 19.1. The molecule has 0 aromatic rings. The van der Waals surface area contributed by atoms with Gasteiger partial charge in [-0.25, -0.2) is 0 Å². The molecule has 2 aliphatic rings. The molecule has 1 heterocycles. The van der Waals surface area contributed by atoms with Crippen molar-refractivity contribution in [3.8, 4) is 0 Å². The average molecular weight is 537 g/mol. The quantitative estimate of drug-likeness (QED) is 0.214. The minimum absolute atomic E-state index is 0.123. The fourth-order valence-corrected chi connectivity index (χ4v) is 6.27. The van der Waals surface area contributed by atoms with E-state index in [1.807, 2.05) is 54.7 Å². The first kappa shape index (κ1) is 25.9. The SMILES string of the molecule is C1=CC=CC=CC=CC=CC=CC2=C(C=CC=CC=CC=CC=C1)CCCCCCC[IH]2. The van der Waals surface area contributed by atoms with E-state index >= 15 is 0 Å². The first-order chi connectivity index (χ1) is 16.0. The van der Waals surface area contributed by atoms with Crippen LogP contribution in [-0.4, -0.2) is 4.43 Å². The molecule has 168 valence electrons. The Hall–Kier alpha value is -2.39. The summed E-state index contributed by atoms with van der Waals surface area (Å²) < 4.78 is 3.03. The summed E-state index contributed by atoms with van der Waals surface area (Å²) in [7, 11) is 0. The van der Waals surface area contributed by atoms with E-state index in [0.29, 0.717) is 0 Å². The Morgan fingerprint density at radius 2 is 0.750 bits per heavy atom. The van der Waals surface area contributed by atoms with E-state index in [9.17, 15) is 0 Å². The summed E-state index contributed by atoms with van der Waals surface area (Å²) in [4.78, 5) is 0. The van der Waals surface area contributed by atoms with E-state index in [0.717, 1.165) is 0 Å². The molecule has 0 atom stereocenters. The molecule has 0 unspecified atom stereocenters. The Labute approximate surface area is 206 Å². The first-order valence-corrected chi connectivity index (χ1v) is 14.5. The van der Waals surface area contributed by atoms with Crippen LogP contribution in [-0.2, 0) is 0 Å². The fraction of sp³-hybridized carbons (Fsp3) is 0.226. The van der Waals surface area contributed by atoms with Gasteiger partial charge in [0.2, 0.25) is 0 Å². The normalized spacial score (nSPS) is 19.5. The van der Waals surface area contributed by atoms with Crippen molar-refractivity contribution < 1.29 is 0 Å². The Balaban J connectivity index is 2.20. The van der Waals surface area contributed by atoms with Crippen molar-refractivity contribution in [3.05, 3.63) is 143 Å². The second-order valence-corrected chi connectivity index (χ2v) is 10.7. The Bertz CT molecular complexity index is 801. The van der Waals surface area contributed by atoms with Gasteiger partial charge in [-0.3, -0.25) is 0 Å². The van der Waals surface area contributed by atoms with Gasteiger partial charge < -0.3 is 0 Å². The van der Waals surface area contributed by atoms with Gasteiger partial charge in [-0.1, -0.05) is 6.08 Å². The molecule has 0 aromatic carbocycles. The van der Waals surface area contributed by atoms with Gasteiger partial charge in [0.25, 0.3) is 0 Å². The molecule has 0 nitrogen and oxygen atoms in total. The van der Waals surface area contributed by atoms with Crippen LogP contribution in [0.5, 0.6) is 0 Å². The van der Waals surface area contributed by atoms with Gasteiger partial charge in [-0.15, -0.1) is 0 Å². The van der Waals surface area contributed by atoms with E-state index in [2.05, 4.69) is 79.0 Å². The van der Waals surface area contributed by atoms with E-state index in [4.69, 9.17) is 0 Å². The molecule has 0 bridgehead atoms. The summed E-state index contributed by atoms with van der Waals surface area (Å²) in [6, 6.07) is 0. The van der Waals surface area contributed by atoms with Crippen molar-refractivity contribution in [2.24, 2.45) is 0 Å². The summed E-state index contributed by atoms with van der Waals surface area (Å²) >= 11 is -0.123. The number of hydrogen-bond acceptors (Lipinski definition) is 0. The van der Waals surface area contributed by atoms with Crippen molar-refractivity contribution in [1.82, 2.24) is 0 Å². The molecule has 0 saturated carbocycles. The third-order valence-corrected chi connectivity index (χ3v) is 8.25. The summed E-state index contributed by atoms with van der Waals surface area (Å²) in [5.41, 5.74) is 1.55. The van der Waals surface area contributed by atoms with Gasteiger partial charge in [0.1, 0.15) is 0 Å². The maximum atomic E-state index is 2.37. The molecule has 0 fully saturated rings. The maximum absolute atomic E-state index is 2.37. The minimum atomic E-state index is -0.123. The standard InChI is InChI=1S/C31H37I/c1-2-4-6-8-10-12-14-16-20-24-28-31-30(27-23-19-17-21-25-29-32-31)26-22-18-15-13-11-9-7-5-3-1/h1-16,18,20,22,24,26,28,32H,17,19,21,23,25,27,29H2. The van der Waals surface area contributed by atoms with E-state index < -0.39 is 0 Å². The summed E-state index contributed by atoms with van der Waals surface area (Å²) in [5.74, 6) is 0. The molecule has 0 spiro atoms. The van der Waals surface area contributed by atoms with Crippen LogP contribution in [0.3, 0.4) is 0 Å². The van der Waals surface area contributed by atoms with Gasteiger partial charge in [-0.2, -0.15) is 0 Å². The van der Waals surface area contributed by atoms with Gasteiger partial charge in [0.15, 0.2) is 0 Å². The van der Waals surface area contributed by atoms with Crippen LogP contribution in [0.25, 0.3) is 0 Å². The predicted molar refractivity (Wildman–Crippen MR) is 156 cm³/mol. The average Bonchev–Trinajstić information content (AvgIpc) is 2.81. The number of allylic oxidation sites excluding steroid dienone is 24. The Morgan fingerprint density at radius 1 is 0.375 bits per heavy atom. The summed E-state index contributed by atoms with van der Waals surface area (Å²) in [5, 5.41) is 0. The number of hydrogen-bond donors (Lipinski definition) is 0. The molecular weight excluding hydrogens is 499 g/mol. The van der Waals surface area contributed by atoms with E-state index in [1.54, 1.807) is 9.15 Å². The topological polar surface area (TPSA) is 0 Å². The van der Waals surface area contributed by atoms with Crippen LogP contribution in [0, 0.1) is 0 Å². The molecule has 1 heteroatoms. The van der Waals surface area contributed by atoms with Crippen LogP contribution in [0.4, 0.5) is 0 Å². The molecule has 32 heavy (non-hydrogen) atoms. The third kappa shape index (κ3) is 13.8. The fourth-order valence-electron chi connectivity index (χ4n) is 3.14. The molecule has 1 aliphatic heterocycles. The molecule has 0 saturated heterocycles. The van der Waals surface area contributed by atoms with Gasteiger partial charge >= 0.3 is 201 Å². The van der Waals surface area contributed by atoms with Crippen molar-refractivity contribution in [2.75, 3.05) is 4.43 Å². The second-order valence-electron chi connectivity index (χ2n) is 7.44. The van der Waals surface area contributed by atoms with Crippen molar-refractivity contribution in [2.45, 2.75) is 38.5 Å². The summed E-state index contributed by atoms with van der Waals surface area (Å²) in [6.45, 7) is 0. The molecular formula is C31H37I. The molecule has 0 aromatic heterocycles. The van der Waals surface area contributed by atoms with Crippen molar-refractivity contribution in [3.63, 3.8) is 0 Å². The monoisotopic (exact) mass is 536 g/mol. The molecule has 0 radical (unpaired) electrons. The molecule has 1 aliphatic carbocycles. The zero-order chi connectivity index (χ0) is 22.4. The van der Waals surface area contributed by atoms with Crippen molar-refractivity contribution in [1.29, 1.82) is 0 Å². The molecule has 2 rings (SSSR count). The third-order valence-electron chi connectivity index (χ3n) is 4.82. The number of alkyl halides is 1. The van der Waals surface area contributed by atoms with Gasteiger partial charge in [0.05, 0.1) is 0 Å². The summed E-state index contributed by atoms with van der Waals surface area (Å²) in [6.07, 6.45) is 54.4. The van der Waals surface area contributed by atoms with Crippen LogP contribution >= 0.6 is 21.2 Å². The van der Waals surface area contributed by atoms with Crippen molar-refractivity contribution >= 4 is 21.2 Å². The molecule has 0 amide bonds. The number of halogens is 1. The van der Waals surface area contributed by atoms with Gasteiger partial charge in [-0.05, 0) is 0 Å². The first-order valence-electron chi connectivity index (χ1n) is 11.7. The van der Waals surface area contributed by atoms with Crippen LogP contribution < -0.4 is 0 Å². The zero-order valence-corrected chi connectivity index (χ0v) is 21.4. The van der Waals surface area contributed by atoms with Crippen LogP contribution in [0.1, 0.15) is 38.5 Å². The Kier molecular flexibility index (Phi) is 15.6. The van der Waals surface area contributed by atoms with Gasteiger partial charge in [0, 0.05) is 0 Å². The molecule has 0 N–H and O–H groups in total. The number of rotatable bonds is 0. The van der Waals surface area contributed by atoms with Crippen LogP contribution in [0.15, 0.2) is 143 Å². The second kappa shape index (κ2) is 19.3. The van der Waals surface area contributed by atoms with E-state index in [-0.39, 0.29) is 21.2 Å². The van der Waals surface area contributed by atoms with E-state index in [1.165, 1.54) is 43.0 Å².